The molecule has 0 aliphatic heterocycles. The summed E-state index contributed by atoms with van der Waals surface area (Å²) in [6.45, 7) is 8.24. The van der Waals surface area contributed by atoms with E-state index in [9.17, 15) is 0 Å². The van der Waals surface area contributed by atoms with Crippen LogP contribution >= 0.6 is 0 Å². The van der Waals surface area contributed by atoms with Gasteiger partial charge in [-0.1, -0.05) is 25.5 Å². The van der Waals surface area contributed by atoms with E-state index in [1.54, 1.807) is 0 Å². The summed E-state index contributed by atoms with van der Waals surface area (Å²) in [4.78, 5) is 4.30. The summed E-state index contributed by atoms with van der Waals surface area (Å²) in [6.07, 6.45) is 6.67. The van der Waals surface area contributed by atoms with E-state index in [1.165, 1.54) is 28.9 Å². The van der Waals surface area contributed by atoms with Crippen molar-refractivity contribution < 1.29 is 0 Å². The maximum atomic E-state index is 4.30. The molecular weight excluding hydrogens is 170 g/mol. The third-order valence-corrected chi connectivity index (χ3v) is 2.42. The lowest BCUT2D eigenvalue weighted by molar-refractivity contribution is 1.04. The molecule has 0 saturated heterocycles. The Morgan fingerprint density at radius 1 is 1.21 bits per heavy atom. The first-order valence-corrected chi connectivity index (χ1v) is 5.40. The molecule has 14 heavy (non-hydrogen) atoms. The lowest BCUT2D eigenvalue weighted by atomic mass is 10.0. The Morgan fingerprint density at radius 2 is 1.93 bits per heavy atom. The predicted octanol–water partition coefficient (Wildman–Crippen LogP) is 2.16. The largest absolute Gasteiger partial charge is 0.261 e. The van der Waals surface area contributed by atoms with Crippen LogP contribution in [-0.4, -0.2) is 4.98 Å². The van der Waals surface area contributed by atoms with Gasteiger partial charge in [-0.2, -0.15) is 0 Å². The Hall–Kier alpha value is -1.11. The van der Waals surface area contributed by atoms with Crippen LogP contribution in [0.2, 0.25) is 0 Å². The van der Waals surface area contributed by atoms with Gasteiger partial charge in [-0.15, -0.1) is 0 Å². The van der Waals surface area contributed by atoms with Gasteiger partial charge in [-0.05, 0) is 43.2 Å². The molecule has 1 nitrogen and oxygen atoms in total. The molecule has 0 aromatic carbocycles. The third kappa shape index (κ3) is 2.22. The number of hydrogen-bond acceptors (Lipinski definition) is 1. The van der Waals surface area contributed by atoms with Crippen molar-refractivity contribution in [1.29, 1.82) is 0 Å². The Kier molecular flexibility index (Phi) is 3.87. The molecule has 0 spiro atoms. The Balaban J connectivity index is 0.000000461. The predicted molar refractivity (Wildman–Crippen MR) is 62.4 cm³/mol. The van der Waals surface area contributed by atoms with Gasteiger partial charge in [-0.25, -0.2) is 0 Å². The van der Waals surface area contributed by atoms with Gasteiger partial charge in [0.25, 0.3) is 0 Å². The number of pyridine rings is 1. The van der Waals surface area contributed by atoms with Crippen LogP contribution in [0.25, 0.3) is 11.6 Å². The van der Waals surface area contributed by atoms with Gasteiger partial charge < -0.3 is 0 Å². The first-order valence-electron chi connectivity index (χ1n) is 5.40. The van der Waals surface area contributed by atoms with E-state index in [-0.39, 0.29) is 0 Å². The van der Waals surface area contributed by atoms with E-state index < -0.39 is 0 Å². The van der Waals surface area contributed by atoms with E-state index in [2.05, 4.69) is 24.1 Å². The molecule has 0 saturated carbocycles. The van der Waals surface area contributed by atoms with Crippen LogP contribution in [0.15, 0.2) is 12.3 Å². The average molecular weight is 189 g/mol. The Morgan fingerprint density at radius 3 is 2.64 bits per heavy atom. The van der Waals surface area contributed by atoms with Crippen LogP contribution in [0.3, 0.4) is 0 Å². The molecule has 0 unspecified atom stereocenters. The second-order valence-corrected chi connectivity index (χ2v) is 3.44. The van der Waals surface area contributed by atoms with Gasteiger partial charge in [0.2, 0.25) is 0 Å². The summed E-state index contributed by atoms with van der Waals surface area (Å²) in [5.41, 5.74) is 2.58. The molecule has 1 aliphatic carbocycles. The minimum atomic E-state index is 1.11. The van der Waals surface area contributed by atoms with Gasteiger partial charge in [0.1, 0.15) is 0 Å². The van der Waals surface area contributed by atoms with E-state index in [1.807, 2.05) is 27.0 Å². The van der Waals surface area contributed by atoms with E-state index in [0.717, 1.165) is 5.69 Å². The number of hydrogen-bond donors (Lipinski definition) is 0. The summed E-state index contributed by atoms with van der Waals surface area (Å²) >= 11 is 0. The van der Waals surface area contributed by atoms with Crippen LogP contribution in [0.4, 0.5) is 0 Å². The minimum absolute atomic E-state index is 1.11. The molecule has 1 heteroatoms. The molecule has 0 bridgehead atoms. The summed E-state index contributed by atoms with van der Waals surface area (Å²) in [5, 5.41) is 2.71. The molecule has 0 fully saturated rings. The summed E-state index contributed by atoms with van der Waals surface area (Å²) in [5.74, 6) is 0. The van der Waals surface area contributed by atoms with Gasteiger partial charge in [0.15, 0.2) is 0 Å². The monoisotopic (exact) mass is 189 g/mol. The van der Waals surface area contributed by atoms with Crippen molar-refractivity contribution in [2.45, 2.75) is 40.5 Å². The number of aryl methyl sites for hydroxylation is 1. The molecule has 2 rings (SSSR count). The molecule has 1 heterocycles. The van der Waals surface area contributed by atoms with Gasteiger partial charge in [-0.3, -0.25) is 4.98 Å². The van der Waals surface area contributed by atoms with Crippen LogP contribution in [0, 0.1) is 6.92 Å². The average Bonchev–Trinajstić information content (AvgIpc) is 2.21. The van der Waals surface area contributed by atoms with Crippen molar-refractivity contribution in [3.8, 4) is 0 Å². The summed E-state index contributed by atoms with van der Waals surface area (Å²) in [6, 6.07) is 2.16. The van der Waals surface area contributed by atoms with Crippen LogP contribution in [-0.2, 0) is 0 Å². The van der Waals surface area contributed by atoms with Gasteiger partial charge in [0.05, 0.1) is 0 Å². The Labute approximate surface area is 86.2 Å². The maximum absolute atomic E-state index is 4.30. The van der Waals surface area contributed by atoms with Crippen molar-refractivity contribution >= 4 is 11.6 Å². The summed E-state index contributed by atoms with van der Waals surface area (Å²) < 4.78 is 0. The highest BCUT2D eigenvalue weighted by Crippen LogP contribution is 2.05. The zero-order valence-corrected chi connectivity index (χ0v) is 9.59. The zero-order valence-electron chi connectivity index (χ0n) is 9.59. The van der Waals surface area contributed by atoms with Crippen LogP contribution < -0.4 is 10.4 Å². The van der Waals surface area contributed by atoms with Crippen molar-refractivity contribution in [3.63, 3.8) is 0 Å². The summed E-state index contributed by atoms with van der Waals surface area (Å²) in [7, 11) is 0. The molecule has 0 N–H and O–H groups in total. The molecule has 76 valence electrons. The second-order valence-electron chi connectivity index (χ2n) is 3.44. The van der Waals surface area contributed by atoms with E-state index in [0.29, 0.717) is 0 Å². The molecule has 0 amide bonds. The fourth-order valence-corrected chi connectivity index (χ4v) is 1.69. The molecular formula is C13H19N. The minimum Gasteiger partial charge on any atom is -0.261 e. The molecule has 1 aliphatic rings. The van der Waals surface area contributed by atoms with Gasteiger partial charge in [0, 0.05) is 11.9 Å². The quantitative estimate of drug-likeness (QED) is 0.609. The first-order chi connectivity index (χ1) is 6.77. The standard InChI is InChI=1S/C11H13N.C2H6/c1-8-4-3-5-10-6-9(2)12-7-11(8)10;1-2/h5-7H,3-4H2,1-2H3;1-2H3. The molecule has 0 atom stereocenters. The van der Waals surface area contributed by atoms with Crippen molar-refractivity contribution in [3.05, 3.63) is 28.4 Å². The number of fused-ring (bicyclic) bond motifs is 1. The number of nitrogens with zero attached hydrogens (tertiary/aromatic N) is 1. The smallest absolute Gasteiger partial charge is 0.0378 e. The normalized spacial score (nSPS) is 13.6. The fraction of sp³-hybridized carbons (Fsp3) is 0.462. The van der Waals surface area contributed by atoms with E-state index in [4.69, 9.17) is 0 Å². The lowest BCUT2D eigenvalue weighted by Gasteiger charge is -2.05. The molecule has 0 radical (unpaired) electrons. The third-order valence-electron chi connectivity index (χ3n) is 2.42. The zero-order chi connectivity index (χ0) is 10.6. The topological polar surface area (TPSA) is 12.9 Å². The second kappa shape index (κ2) is 4.94. The van der Waals surface area contributed by atoms with Crippen molar-refractivity contribution in [2.24, 2.45) is 0 Å². The maximum Gasteiger partial charge on any atom is 0.0378 e. The highest BCUT2D eigenvalue weighted by atomic mass is 14.6. The van der Waals surface area contributed by atoms with Crippen molar-refractivity contribution in [1.82, 2.24) is 4.98 Å². The number of rotatable bonds is 0. The SMILES string of the molecule is CC.CC1=c2cnc(C)cc2=CCC1. The van der Waals surface area contributed by atoms with Crippen LogP contribution in [0.1, 0.15) is 39.3 Å². The Bertz CT molecular complexity index is 415. The number of aromatic nitrogens is 1. The molecule has 1 aromatic heterocycles. The highest BCUT2D eigenvalue weighted by Gasteiger charge is 1.99. The highest BCUT2D eigenvalue weighted by molar-refractivity contribution is 5.48. The van der Waals surface area contributed by atoms with Crippen molar-refractivity contribution in [2.75, 3.05) is 0 Å². The van der Waals surface area contributed by atoms with Crippen LogP contribution in [0.5, 0.6) is 0 Å². The lowest BCUT2D eigenvalue weighted by Crippen LogP contribution is -2.29. The van der Waals surface area contributed by atoms with Gasteiger partial charge >= 0.3 is 0 Å². The van der Waals surface area contributed by atoms with E-state index >= 15 is 0 Å². The fourth-order valence-electron chi connectivity index (χ4n) is 1.69. The first kappa shape index (κ1) is 11.0. The molecule has 1 aromatic rings.